The molecule has 0 atom stereocenters. The van der Waals surface area contributed by atoms with E-state index < -0.39 is 0 Å². The van der Waals surface area contributed by atoms with Crippen molar-refractivity contribution in [1.82, 2.24) is 15.3 Å². The fraction of sp³-hybridized carbons (Fsp3) is 0.353. The Morgan fingerprint density at radius 2 is 2.00 bits per heavy atom. The number of ether oxygens (including phenoxy) is 1. The third-order valence-corrected chi connectivity index (χ3v) is 3.35. The van der Waals surface area contributed by atoms with E-state index >= 15 is 0 Å². The summed E-state index contributed by atoms with van der Waals surface area (Å²) < 4.78 is 5.11. The van der Waals surface area contributed by atoms with E-state index in [4.69, 9.17) is 4.74 Å². The first-order chi connectivity index (χ1) is 11.2. The molecule has 0 radical (unpaired) electrons. The second-order valence-electron chi connectivity index (χ2n) is 5.10. The van der Waals surface area contributed by atoms with Crippen LogP contribution in [0.5, 0.6) is 5.75 Å². The number of nitrogens with one attached hydrogen (secondary N) is 2. The van der Waals surface area contributed by atoms with Crippen molar-refractivity contribution in [3.63, 3.8) is 0 Å². The molecule has 1 amide bonds. The quantitative estimate of drug-likeness (QED) is 0.733. The molecular weight excluding hydrogens is 292 g/mol. The van der Waals surface area contributed by atoms with Crippen LogP contribution in [0.15, 0.2) is 36.7 Å². The smallest absolute Gasteiger partial charge is 0.270 e. The second kappa shape index (κ2) is 8.73. The highest BCUT2D eigenvalue weighted by Gasteiger charge is 2.08. The van der Waals surface area contributed by atoms with Gasteiger partial charge in [-0.1, -0.05) is 25.5 Å². The van der Waals surface area contributed by atoms with Crippen LogP contribution < -0.4 is 15.4 Å². The Kier molecular flexibility index (Phi) is 6.35. The largest absolute Gasteiger partial charge is 0.497 e. The Labute approximate surface area is 136 Å². The van der Waals surface area contributed by atoms with Crippen LogP contribution in [0.1, 0.15) is 35.8 Å². The number of hydrogen-bond acceptors (Lipinski definition) is 5. The van der Waals surface area contributed by atoms with Gasteiger partial charge in [-0.2, -0.15) is 0 Å². The number of carbonyl (C=O) groups is 1. The summed E-state index contributed by atoms with van der Waals surface area (Å²) in [4.78, 5) is 20.3. The van der Waals surface area contributed by atoms with E-state index in [2.05, 4.69) is 27.5 Å². The minimum atomic E-state index is -0.221. The van der Waals surface area contributed by atoms with E-state index in [-0.39, 0.29) is 5.91 Å². The van der Waals surface area contributed by atoms with Crippen molar-refractivity contribution in [3.8, 4) is 5.75 Å². The summed E-state index contributed by atoms with van der Waals surface area (Å²) in [6.45, 7) is 3.39. The van der Waals surface area contributed by atoms with Gasteiger partial charge in [0.1, 0.15) is 23.6 Å². The average molecular weight is 314 g/mol. The van der Waals surface area contributed by atoms with Crippen LogP contribution in [-0.2, 0) is 6.54 Å². The molecule has 1 aromatic heterocycles. The normalized spacial score (nSPS) is 10.2. The lowest BCUT2D eigenvalue weighted by atomic mass is 10.2. The van der Waals surface area contributed by atoms with Crippen LogP contribution >= 0.6 is 0 Å². The van der Waals surface area contributed by atoms with E-state index in [0.29, 0.717) is 18.1 Å². The van der Waals surface area contributed by atoms with Gasteiger partial charge < -0.3 is 15.4 Å². The number of benzene rings is 1. The Balaban J connectivity index is 1.90. The van der Waals surface area contributed by atoms with Gasteiger partial charge in [0.25, 0.3) is 5.91 Å². The second-order valence-corrected chi connectivity index (χ2v) is 5.10. The maximum absolute atomic E-state index is 12.2. The van der Waals surface area contributed by atoms with Gasteiger partial charge in [0.15, 0.2) is 0 Å². The number of anilines is 1. The summed E-state index contributed by atoms with van der Waals surface area (Å²) >= 11 is 0. The molecule has 2 rings (SSSR count). The topological polar surface area (TPSA) is 76.1 Å². The van der Waals surface area contributed by atoms with Crippen LogP contribution in [0.3, 0.4) is 0 Å². The molecule has 0 aliphatic rings. The Morgan fingerprint density at radius 3 is 2.70 bits per heavy atom. The minimum absolute atomic E-state index is 0.221. The van der Waals surface area contributed by atoms with Crippen molar-refractivity contribution in [3.05, 3.63) is 47.9 Å². The van der Waals surface area contributed by atoms with Crippen LogP contribution in [0, 0.1) is 0 Å². The summed E-state index contributed by atoms with van der Waals surface area (Å²) in [5.41, 5.74) is 1.35. The number of aromatic nitrogens is 2. The molecule has 1 heterocycles. The summed E-state index contributed by atoms with van der Waals surface area (Å²) in [7, 11) is 1.62. The van der Waals surface area contributed by atoms with Crippen LogP contribution in [0.25, 0.3) is 0 Å². The van der Waals surface area contributed by atoms with Crippen molar-refractivity contribution < 1.29 is 9.53 Å². The number of rotatable bonds is 8. The summed E-state index contributed by atoms with van der Waals surface area (Å²) in [6.07, 6.45) is 3.56. The first-order valence-electron chi connectivity index (χ1n) is 7.70. The van der Waals surface area contributed by atoms with Crippen molar-refractivity contribution >= 4 is 11.7 Å². The number of unbranched alkanes of at least 4 members (excludes halogenated alkanes) is 1. The summed E-state index contributed by atoms with van der Waals surface area (Å²) in [5, 5.41) is 6.03. The lowest BCUT2D eigenvalue weighted by molar-refractivity contribution is 0.0946. The van der Waals surface area contributed by atoms with Crippen LogP contribution in [-0.4, -0.2) is 29.5 Å². The highest BCUT2D eigenvalue weighted by molar-refractivity contribution is 5.92. The maximum atomic E-state index is 12.2. The number of nitrogens with zero attached hydrogens (tertiary/aromatic N) is 2. The van der Waals surface area contributed by atoms with Gasteiger partial charge >= 0.3 is 0 Å². The Hall–Kier alpha value is -2.63. The van der Waals surface area contributed by atoms with E-state index in [0.717, 1.165) is 30.7 Å². The zero-order chi connectivity index (χ0) is 16.5. The Bertz CT molecular complexity index is 629. The molecule has 0 aliphatic heterocycles. The van der Waals surface area contributed by atoms with Crippen molar-refractivity contribution in [1.29, 1.82) is 0 Å². The molecule has 2 aromatic rings. The third-order valence-electron chi connectivity index (χ3n) is 3.35. The molecule has 0 aliphatic carbocycles. The van der Waals surface area contributed by atoms with Gasteiger partial charge in [-0.3, -0.25) is 4.79 Å². The molecular formula is C17H22N4O2. The molecule has 23 heavy (non-hydrogen) atoms. The zero-order valence-corrected chi connectivity index (χ0v) is 13.5. The maximum Gasteiger partial charge on any atom is 0.270 e. The number of amides is 1. The lowest BCUT2D eigenvalue weighted by Gasteiger charge is -2.08. The lowest BCUT2D eigenvalue weighted by Crippen LogP contribution is -2.24. The molecule has 0 saturated heterocycles. The summed E-state index contributed by atoms with van der Waals surface area (Å²) in [6, 6.07) is 9.22. The Morgan fingerprint density at radius 1 is 1.22 bits per heavy atom. The number of hydrogen-bond donors (Lipinski definition) is 2. The molecule has 6 heteroatoms. The monoisotopic (exact) mass is 314 g/mol. The highest BCUT2D eigenvalue weighted by Crippen LogP contribution is 2.11. The standard InChI is InChI=1S/C17H22N4O2/c1-3-4-9-18-16-10-15(20-12-21-16)17(22)19-11-13-5-7-14(23-2)8-6-13/h5-8,10,12H,3-4,9,11H2,1-2H3,(H,19,22)(H,18,20,21). The first kappa shape index (κ1) is 16.7. The third kappa shape index (κ3) is 5.25. The molecule has 2 N–H and O–H groups in total. The van der Waals surface area contributed by atoms with Gasteiger partial charge in [0.2, 0.25) is 0 Å². The van der Waals surface area contributed by atoms with E-state index in [1.807, 2.05) is 24.3 Å². The molecule has 122 valence electrons. The summed E-state index contributed by atoms with van der Waals surface area (Å²) in [5.74, 6) is 1.24. The SMILES string of the molecule is CCCCNc1cc(C(=O)NCc2ccc(OC)cc2)ncn1. The predicted molar refractivity (Wildman–Crippen MR) is 89.6 cm³/mol. The average Bonchev–Trinajstić information content (AvgIpc) is 2.60. The van der Waals surface area contributed by atoms with E-state index in [1.54, 1.807) is 13.2 Å². The van der Waals surface area contributed by atoms with Gasteiger partial charge in [0.05, 0.1) is 7.11 Å². The van der Waals surface area contributed by atoms with Crippen LogP contribution in [0.2, 0.25) is 0 Å². The molecule has 6 nitrogen and oxygen atoms in total. The van der Waals surface area contributed by atoms with E-state index in [9.17, 15) is 4.79 Å². The molecule has 0 saturated carbocycles. The first-order valence-corrected chi connectivity index (χ1v) is 7.70. The van der Waals surface area contributed by atoms with Gasteiger partial charge in [0, 0.05) is 19.2 Å². The molecule has 0 fully saturated rings. The molecule has 0 spiro atoms. The van der Waals surface area contributed by atoms with Crippen LogP contribution in [0.4, 0.5) is 5.82 Å². The van der Waals surface area contributed by atoms with Crippen molar-refractivity contribution in [2.24, 2.45) is 0 Å². The fourth-order valence-corrected chi connectivity index (χ4v) is 1.99. The highest BCUT2D eigenvalue weighted by atomic mass is 16.5. The van der Waals surface area contributed by atoms with E-state index in [1.165, 1.54) is 6.33 Å². The van der Waals surface area contributed by atoms with Gasteiger partial charge in [-0.15, -0.1) is 0 Å². The fourth-order valence-electron chi connectivity index (χ4n) is 1.99. The van der Waals surface area contributed by atoms with Gasteiger partial charge in [-0.25, -0.2) is 9.97 Å². The predicted octanol–water partition coefficient (Wildman–Crippen LogP) is 2.63. The van der Waals surface area contributed by atoms with Crippen molar-refractivity contribution in [2.45, 2.75) is 26.3 Å². The minimum Gasteiger partial charge on any atom is -0.497 e. The van der Waals surface area contributed by atoms with Gasteiger partial charge in [-0.05, 0) is 24.1 Å². The molecule has 0 bridgehead atoms. The zero-order valence-electron chi connectivity index (χ0n) is 13.5. The number of carbonyl (C=O) groups excluding carboxylic acids is 1. The van der Waals surface area contributed by atoms with Crippen molar-refractivity contribution in [2.75, 3.05) is 19.0 Å². The molecule has 1 aromatic carbocycles. The number of methoxy groups -OCH3 is 1. The molecule has 0 unspecified atom stereocenters.